The number of rotatable bonds is 6. The summed E-state index contributed by atoms with van der Waals surface area (Å²) in [5.74, 6) is 0.321. The van der Waals surface area contributed by atoms with E-state index >= 15 is 0 Å². The zero-order valence-electron chi connectivity index (χ0n) is 31.7. The Labute approximate surface area is 351 Å². The van der Waals surface area contributed by atoms with Crippen LogP contribution >= 0.6 is 0 Å². The summed E-state index contributed by atoms with van der Waals surface area (Å²) in [6.07, 6.45) is -7.37. The number of phenolic OH excluding ortho intramolecular Hbond substituents is 1. The molecule has 0 fully saturated rings. The zero-order valence-corrected chi connectivity index (χ0v) is 34.0. The number of hydrogen-bond donors (Lipinski definition) is 1. The fourth-order valence-electron chi connectivity index (χ4n) is 7.01. The normalized spacial score (nSPS) is 12.1. The molecule has 59 heavy (non-hydrogen) atoms. The Morgan fingerprint density at radius 2 is 1.12 bits per heavy atom. The van der Waals surface area contributed by atoms with Gasteiger partial charge in [-0.25, -0.2) is 4.98 Å². The summed E-state index contributed by atoms with van der Waals surface area (Å²) in [4.78, 5) is 9.78. The van der Waals surface area contributed by atoms with Crippen molar-refractivity contribution >= 4 is 11.0 Å². The summed E-state index contributed by atoms with van der Waals surface area (Å²) in [7, 11) is 0. The topological polar surface area (TPSA) is 50.9 Å². The van der Waals surface area contributed by atoms with Crippen LogP contribution in [0.15, 0.2) is 146 Å². The van der Waals surface area contributed by atoms with Crippen molar-refractivity contribution in [2.75, 3.05) is 0 Å². The predicted molar refractivity (Wildman–Crippen MR) is 215 cm³/mol. The van der Waals surface area contributed by atoms with Crippen LogP contribution in [0.5, 0.6) is 5.75 Å². The molecule has 11 heteroatoms. The second-order valence-electron chi connectivity index (χ2n) is 15.0. The van der Waals surface area contributed by atoms with Gasteiger partial charge in [-0.15, -0.1) is 29.3 Å². The van der Waals surface area contributed by atoms with E-state index < -0.39 is 23.5 Å². The molecule has 0 radical (unpaired) electrons. The van der Waals surface area contributed by atoms with Gasteiger partial charge in [-0.2, -0.15) is 26.3 Å². The minimum absolute atomic E-state index is 0. The van der Waals surface area contributed by atoms with Gasteiger partial charge in [0.2, 0.25) is 0 Å². The first-order chi connectivity index (χ1) is 27.5. The third-order valence-corrected chi connectivity index (χ3v) is 10.1. The van der Waals surface area contributed by atoms with Crippen molar-refractivity contribution in [2.24, 2.45) is 0 Å². The third kappa shape index (κ3) is 8.32. The molecule has 8 rings (SSSR count). The smallest absolute Gasteiger partial charge is 0.416 e. The maximum absolute atomic E-state index is 13.6. The number of alkyl halides is 6. The van der Waals surface area contributed by atoms with Crippen LogP contribution in [-0.4, -0.2) is 19.6 Å². The molecule has 0 saturated heterocycles. The summed E-state index contributed by atoms with van der Waals surface area (Å²) in [6.45, 7) is 6.37. The molecule has 0 saturated carbocycles. The van der Waals surface area contributed by atoms with Crippen molar-refractivity contribution in [1.82, 2.24) is 14.5 Å². The average molecular weight is 978 g/mol. The van der Waals surface area contributed by atoms with Crippen LogP contribution in [0.1, 0.15) is 37.5 Å². The van der Waals surface area contributed by atoms with E-state index in [9.17, 15) is 31.4 Å². The number of halogens is 6. The summed E-state index contributed by atoms with van der Waals surface area (Å²) in [6, 6.07) is 40.6. The molecule has 300 valence electrons. The Bertz CT molecular complexity index is 2710. The van der Waals surface area contributed by atoms with Crippen molar-refractivity contribution < 1.29 is 52.5 Å². The molecule has 0 bridgehead atoms. The largest absolute Gasteiger partial charge is 0.507 e. The maximum atomic E-state index is 13.6. The molecule has 1 N–H and O–H groups in total. The van der Waals surface area contributed by atoms with E-state index in [0.717, 1.165) is 52.2 Å². The number of para-hydroxylation sites is 2. The Morgan fingerprint density at radius 3 is 1.66 bits per heavy atom. The van der Waals surface area contributed by atoms with Crippen LogP contribution in [-0.2, 0) is 38.8 Å². The molecular formula is C48H34F6N3OPt-. The van der Waals surface area contributed by atoms with Gasteiger partial charge in [-0.1, -0.05) is 92.6 Å². The molecule has 0 spiro atoms. The van der Waals surface area contributed by atoms with Gasteiger partial charge in [0.05, 0.1) is 27.7 Å². The number of pyridine rings is 1. The second kappa shape index (κ2) is 15.6. The van der Waals surface area contributed by atoms with E-state index in [-0.39, 0.29) is 32.2 Å². The Kier molecular flexibility index (Phi) is 10.9. The van der Waals surface area contributed by atoms with E-state index in [1.54, 1.807) is 48.7 Å². The first kappa shape index (κ1) is 41.2. The maximum Gasteiger partial charge on any atom is 0.416 e. The molecule has 2 aromatic heterocycles. The fraction of sp³-hybridized carbons (Fsp3) is 0.125. The Morgan fingerprint density at radius 1 is 0.559 bits per heavy atom. The second-order valence-corrected chi connectivity index (χ2v) is 15.0. The molecule has 0 atom stereocenters. The van der Waals surface area contributed by atoms with E-state index in [4.69, 9.17) is 4.98 Å². The number of aromatic hydroxyl groups is 1. The molecule has 0 aliphatic rings. The van der Waals surface area contributed by atoms with Crippen molar-refractivity contribution in [1.29, 1.82) is 0 Å². The van der Waals surface area contributed by atoms with E-state index in [0.29, 0.717) is 50.4 Å². The zero-order chi connectivity index (χ0) is 41.0. The summed E-state index contributed by atoms with van der Waals surface area (Å²) < 4.78 is 83.4. The molecule has 0 aliphatic carbocycles. The van der Waals surface area contributed by atoms with Crippen LogP contribution in [0.2, 0.25) is 0 Å². The number of hydrogen-bond acceptors (Lipinski definition) is 3. The first-order valence-corrected chi connectivity index (χ1v) is 18.3. The van der Waals surface area contributed by atoms with Crippen molar-refractivity contribution in [3.63, 3.8) is 0 Å². The number of imidazole rings is 1. The van der Waals surface area contributed by atoms with Gasteiger partial charge >= 0.3 is 12.4 Å². The molecule has 0 aliphatic heterocycles. The van der Waals surface area contributed by atoms with Crippen LogP contribution in [0.3, 0.4) is 0 Å². The summed E-state index contributed by atoms with van der Waals surface area (Å²) >= 11 is 0. The number of nitrogens with zero attached hydrogens (tertiary/aromatic N) is 3. The standard InChI is InChI=1S/C48H34F6N3O.Pt/c1-46(2,3)37-25-33(24-34(26-37)41-11-6-7-22-55-41)39-10-8-12-42-44(39)56-45(40-9-4-5-13-43(40)58)57(42)38-27-31(29-14-18-35(19-15-29)47(49,50)51)23-32(28-38)30-16-20-36(21-17-30)48(52,53)54;/h4-23,25-28,58H,1-3H3;/q-1;. The predicted octanol–water partition coefficient (Wildman–Crippen LogP) is 13.6. The average Bonchev–Trinajstić information content (AvgIpc) is 3.60. The molecule has 4 nitrogen and oxygen atoms in total. The Hall–Kier alpha value is -5.99. The molecule has 0 amide bonds. The van der Waals surface area contributed by atoms with Crippen molar-refractivity contribution in [3.8, 4) is 67.5 Å². The number of phenols is 1. The van der Waals surface area contributed by atoms with Gasteiger partial charge in [0.25, 0.3) is 0 Å². The summed E-state index contributed by atoms with van der Waals surface area (Å²) in [5, 5.41) is 11.2. The van der Waals surface area contributed by atoms with E-state index in [2.05, 4.69) is 44.0 Å². The number of fused-ring (bicyclic) bond motifs is 1. The number of aromatic nitrogens is 3. The minimum atomic E-state index is -4.55. The van der Waals surface area contributed by atoms with Crippen LogP contribution in [0.4, 0.5) is 26.3 Å². The SMILES string of the molecule is CC(C)(C)c1cc(-c2ccccn2)[c-]c(-c2cccc3c2nc(-c2ccccc2O)n3-c2cc(-c3ccc(C(F)(F)F)cc3)cc(-c3ccc(C(F)(F)F)cc3)c2)c1.[Pt]. The van der Waals surface area contributed by atoms with Gasteiger partial charge in [-0.3, -0.25) is 9.55 Å². The molecule has 8 aromatic rings. The molecule has 6 aromatic carbocycles. The summed E-state index contributed by atoms with van der Waals surface area (Å²) in [5.41, 5.74) is 6.26. The van der Waals surface area contributed by atoms with Gasteiger partial charge in [-0.05, 0) is 94.4 Å². The van der Waals surface area contributed by atoms with Crippen LogP contribution < -0.4 is 0 Å². The monoisotopic (exact) mass is 977 g/mol. The van der Waals surface area contributed by atoms with Crippen molar-refractivity contribution in [2.45, 2.75) is 38.5 Å². The van der Waals surface area contributed by atoms with Gasteiger partial charge < -0.3 is 5.11 Å². The quantitative estimate of drug-likeness (QED) is 0.133. The van der Waals surface area contributed by atoms with Crippen molar-refractivity contribution in [3.05, 3.63) is 168 Å². The van der Waals surface area contributed by atoms with Gasteiger partial charge in [0, 0.05) is 38.6 Å². The first-order valence-electron chi connectivity index (χ1n) is 18.3. The fourth-order valence-corrected chi connectivity index (χ4v) is 7.01. The van der Waals surface area contributed by atoms with E-state index in [1.807, 2.05) is 41.0 Å². The van der Waals surface area contributed by atoms with Crippen LogP contribution in [0.25, 0.3) is 72.7 Å². The van der Waals surface area contributed by atoms with Gasteiger partial charge in [0.15, 0.2) is 0 Å². The third-order valence-electron chi connectivity index (χ3n) is 10.1. The number of benzene rings is 6. The Balaban J connectivity index is 0.00000528. The molecular weight excluding hydrogens is 944 g/mol. The van der Waals surface area contributed by atoms with Crippen LogP contribution in [0, 0.1) is 6.07 Å². The molecule has 2 heterocycles. The minimum Gasteiger partial charge on any atom is -0.507 e. The van der Waals surface area contributed by atoms with E-state index in [1.165, 1.54) is 24.3 Å². The van der Waals surface area contributed by atoms with Gasteiger partial charge in [0.1, 0.15) is 11.6 Å². The molecule has 0 unspecified atom stereocenters.